The molecule has 0 aliphatic heterocycles. The maximum Gasteiger partial charge on any atom is 0.134 e. The van der Waals surface area contributed by atoms with Crippen LogP contribution in [-0.2, 0) is 0 Å². The van der Waals surface area contributed by atoms with E-state index in [0.717, 1.165) is 12.1 Å². The number of hydrogen-bond acceptors (Lipinski definition) is 2. The van der Waals surface area contributed by atoms with Crippen molar-refractivity contribution in [2.45, 2.75) is 19.9 Å². The van der Waals surface area contributed by atoms with Gasteiger partial charge in [-0.15, -0.1) is 0 Å². The van der Waals surface area contributed by atoms with E-state index in [1.807, 2.05) is 0 Å². The maximum absolute atomic E-state index is 12.8. The third kappa shape index (κ3) is 5.33. The predicted octanol–water partition coefficient (Wildman–Crippen LogP) is 3.52. The van der Waals surface area contributed by atoms with Crippen molar-refractivity contribution in [3.63, 3.8) is 0 Å². The highest BCUT2D eigenvalue weighted by Crippen LogP contribution is 2.25. The minimum Gasteiger partial charge on any atom is -0.488 e. The van der Waals surface area contributed by atoms with E-state index in [-0.39, 0.29) is 5.82 Å². The Hall–Kier alpha value is -0.870. The largest absolute Gasteiger partial charge is 0.488 e. The first-order chi connectivity index (χ1) is 7.99. The molecule has 0 saturated heterocycles. The number of benzene rings is 1. The second kappa shape index (κ2) is 6.77. The summed E-state index contributed by atoms with van der Waals surface area (Å²) in [7, 11) is 0. The molecule has 0 saturated carbocycles. The van der Waals surface area contributed by atoms with Gasteiger partial charge in [0.1, 0.15) is 18.2 Å². The normalized spacial score (nSPS) is 10.6. The molecule has 0 amide bonds. The van der Waals surface area contributed by atoms with E-state index in [1.165, 1.54) is 12.1 Å². The first-order valence-electron chi connectivity index (χ1n) is 5.47. The van der Waals surface area contributed by atoms with Crippen LogP contribution in [0.1, 0.15) is 13.8 Å². The van der Waals surface area contributed by atoms with Crippen LogP contribution in [0.3, 0.4) is 0 Å². The highest BCUT2D eigenvalue weighted by Gasteiger charge is 2.03. The smallest absolute Gasteiger partial charge is 0.134 e. The van der Waals surface area contributed by atoms with Crippen LogP contribution >= 0.6 is 15.9 Å². The van der Waals surface area contributed by atoms with E-state index in [2.05, 4.69) is 41.7 Å². The lowest BCUT2D eigenvalue weighted by atomic mass is 10.3. The van der Waals surface area contributed by atoms with Gasteiger partial charge >= 0.3 is 0 Å². The predicted molar refractivity (Wildman–Crippen MR) is 71.9 cm³/mol. The molecule has 4 heteroatoms. The zero-order valence-corrected chi connectivity index (χ0v) is 11.7. The lowest BCUT2D eigenvalue weighted by molar-refractivity contribution is 0.344. The molecule has 0 unspecified atom stereocenters. The summed E-state index contributed by atoms with van der Waals surface area (Å²) >= 11 is 3.25. The van der Waals surface area contributed by atoms with Gasteiger partial charge in [0.15, 0.2) is 0 Å². The van der Waals surface area contributed by atoms with E-state index in [4.69, 9.17) is 4.74 Å². The number of ether oxygens (including phenoxy) is 1. The SMILES string of the molecule is C=C(CNC(C)C)COc1ccc(F)cc1Br. The van der Waals surface area contributed by atoms with Crippen LogP contribution in [0.15, 0.2) is 34.8 Å². The summed E-state index contributed by atoms with van der Waals surface area (Å²) in [5.41, 5.74) is 0.954. The summed E-state index contributed by atoms with van der Waals surface area (Å²) in [6.07, 6.45) is 0. The molecule has 0 radical (unpaired) electrons. The standard InChI is InChI=1S/C13H17BrFNO/c1-9(2)16-7-10(3)8-17-13-5-4-11(15)6-12(13)14/h4-6,9,16H,3,7-8H2,1-2H3. The molecule has 94 valence electrons. The van der Waals surface area contributed by atoms with Crippen molar-refractivity contribution in [2.24, 2.45) is 0 Å². The van der Waals surface area contributed by atoms with Crippen LogP contribution in [0, 0.1) is 5.82 Å². The molecular weight excluding hydrogens is 285 g/mol. The van der Waals surface area contributed by atoms with E-state index >= 15 is 0 Å². The van der Waals surface area contributed by atoms with Gasteiger partial charge in [-0.2, -0.15) is 0 Å². The van der Waals surface area contributed by atoms with Crippen molar-refractivity contribution >= 4 is 15.9 Å². The second-order valence-electron chi connectivity index (χ2n) is 4.15. The molecule has 0 spiro atoms. The van der Waals surface area contributed by atoms with Gasteiger partial charge in [-0.3, -0.25) is 0 Å². The van der Waals surface area contributed by atoms with Gasteiger partial charge in [-0.1, -0.05) is 20.4 Å². The van der Waals surface area contributed by atoms with E-state index in [0.29, 0.717) is 22.9 Å². The summed E-state index contributed by atoms with van der Waals surface area (Å²) in [5.74, 6) is 0.335. The number of nitrogens with one attached hydrogen (secondary N) is 1. The summed E-state index contributed by atoms with van der Waals surface area (Å²) in [5, 5.41) is 3.25. The van der Waals surface area contributed by atoms with Gasteiger partial charge in [0.05, 0.1) is 4.47 Å². The van der Waals surface area contributed by atoms with Crippen LogP contribution in [0.25, 0.3) is 0 Å². The monoisotopic (exact) mass is 301 g/mol. The molecule has 2 nitrogen and oxygen atoms in total. The molecule has 0 aliphatic carbocycles. The second-order valence-corrected chi connectivity index (χ2v) is 5.00. The molecule has 17 heavy (non-hydrogen) atoms. The number of hydrogen-bond donors (Lipinski definition) is 1. The van der Waals surface area contributed by atoms with Crippen LogP contribution in [-0.4, -0.2) is 19.2 Å². The Kier molecular flexibility index (Phi) is 5.65. The number of halogens is 2. The average molecular weight is 302 g/mol. The third-order valence-electron chi connectivity index (χ3n) is 2.09. The minimum absolute atomic E-state index is 0.287. The lowest BCUT2D eigenvalue weighted by Gasteiger charge is -2.12. The van der Waals surface area contributed by atoms with Crippen LogP contribution < -0.4 is 10.1 Å². The van der Waals surface area contributed by atoms with Crippen molar-refractivity contribution in [1.29, 1.82) is 0 Å². The summed E-state index contributed by atoms with van der Waals surface area (Å²) < 4.78 is 19.0. The summed E-state index contributed by atoms with van der Waals surface area (Å²) in [4.78, 5) is 0. The molecule has 0 heterocycles. The summed E-state index contributed by atoms with van der Waals surface area (Å²) in [6.45, 7) is 9.20. The van der Waals surface area contributed by atoms with Gasteiger partial charge in [-0.05, 0) is 39.7 Å². The topological polar surface area (TPSA) is 21.3 Å². The quantitative estimate of drug-likeness (QED) is 0.812. The van der Waals surface area contributed by atoms with Crippen molar-refractivity contribution in [1.82, 2.24) is 5.32 Å². The Morgan fingerprint density at radius 1 is 1.53 bits per heavy atom. The van der Waals surface area contributed by atoms with Crippen molar-refractivity contribution in [3.8, 4) is 5.75 Å². The fourth-order valence-corrected chi connectivity index (χ4v) is 1.64. The fourth-order valence-electron chi connectivity index (χ4n) is 1.17. The Balaban J connectivity index is 2.42. The van der Waals surface area contributed by atoms with Crippen LogP contribution in [0.5, 0.6) is 5.75 Å². The first-order valence-corrected chi connectivity index (χ1v) is 6.26. The van der Waals surface area contributed by atoms with Crippen molar-refractivity contribution in [3.05, 3.63) is 40.6 Å². The minimum atomic E-state index is -0.287. The fraction of sp³-hybridized carbons (Fsp3) is 0.385. The molecular formula is C13H17BrFNO. The first kappa shape index (κ1) is 14.2. The molecule has 0 atom stereocenters. The van der Waals surface area contributed by atoms with Gasteiger partial charge in [0.25, 0.3) is 0 Å². The third-order valence-corrected chi connectivity index (χ3v) is 2.71. The van der Waals surface area contributed by atoms with Crippen molar-refractivity contribution < 1.29 is 9.13 Å². The Bertz CT molecular complexity index is 393. The Labute approximate surface area is 110 Å². The molecule has 0 aromatic heterocycles. The zero-order valence-electron chi connectivity index (χ0n) is 10.1. The molecule has 1 rings (SSSR count). The van der Waals surface area contributed by atoms with Gasteiger partial charge in [0, 0.05) is 12.6 Å². The molecule has 0 bridgehead atoms. The van der Waals surface area contributed by atoms with Gasteiger partial charge < -0.3 is 10.1 Å². The Morgan fingerprint density at radius 2 is 2.24 bits per heavy atom. The van der Waals surface area contributed by atoms with Crippen LogP contribution in [0.2, 0.25) is 0 Å². The van der Waals surface area contributed by atoms with E-state index < -0.39 is 0 Å². The summed E-state index contributed by atoms with van der Waals surface area (Å²) in [6, 6.07) is 4.77. The maximum atomic E-state index is 12.8. The molecule has 1 N–H and O–H groups in total. The molecule has 1 aromatic carbocycles. The lowest BCUT2D eigenvalue weighted by Crippen LogP contribution is -2.26. The van der Waals surface area contributed by atoms with E-state index in [9.17, 15) is 4.39 Å². The molecule has 1 aromatic rings. The molecule has 0 fully saturated rings. The Morgan fingerprint density at radius 3 is 2.82 bits per heavy atom. The average Bonchev–Trinajstić information content (AvgIpc) is 2.25. The van der Waals surface area contributed by atoms with Crippen molar-refractivity contribution in [2.75, 3.05) is 13.2 Å². The zero-order chi connectivity index (χ0) is 12.8. The highest BCUT2D eigenvalue weighted by molar-refractivity contribution is 9.10. The highest BCUT2D eigenvalue weighted by atomic mass is 79.9. The van der Waals surface area contributed by atoms with Gasteiger partial charge in [-0.25, -0.2) is 4.39 Å². The van der Waals surface area contributed by atoms with E-state index in [1.54, 1.807) is 6.07 Å². The van der Waals surface area contributed by atoms with Gasteiger partial charge in [0.2, 0.25) is 0 Å². The number of rotatable bonds is 6. The van der Waals surface area contributed by atoms with Crippen LogP contribution in [0.4, 0.5) is 4.39 Å². The molecule has 0 aliphatic rings.